The fraction of sp³-hybridized carbons (Fsp3) is 0.286. The minimum atomic E-state index is -1.59. The minimum absolute atomic E-state index is 0.0719. The highest BCUT2D eigenvalue weighted by Gasteiger charge is 2.28. The molecule has 1 N–H and O–H groups in total. The molecule has 0 unspecified atom stereocenters. The number of rotatable bonds is 7. The highest BCUT2D eigenvalue weighted by molar-refractivity contribution is 6.28. The molecule has 0 aliphatic heterocycles. The predicted octanol–water partition coefficient (Wildman–Crippen LogP) is 1.96. The number of hydrogen-bond donors (Lipinski definition) is 1. The van der Waals surface area contributed by atoms with E-state index in [0.717, 1.165) is 22.9 Å². The third-order valence-electron chi connectivity index (χ3n) is 3.24. The number of halogens is 1. The SMILES string of the molecule is C[C@](O)(COC(=O)c1ccc([N+](=O)[O-])cc1)Cn1cc([N+](=O)[O-])nc1Cl. The smallest absolute Gasteiger partial charge is 0.383 e. The first-order valence-electron chi connectivity index (χ1n) is 7.10. The Morgan fingerprint density at radius 3 is 2.42 bits per heavy atom. The Kier molecular flexibility index (Phi) is 5.53. The van der Waals surface area contributed by atoms with Crippen LogP contribution in [0.15, 0.2) is 30.5 Å². The molecule has 11 nitrogen and oxygen atoms in total. The van der Waals surface area contributed by atoms with Gasteiger partial charge in [0.2, 0.25) is 0 Å². The number of nitro groups is 2. The molecule has 12 heteroatoms. The molecule has 0 fully saturated rings. The molecule has 1 heterocycles. The average Bonchev–Trinajstić information content (AvgIpc) is 2.93. The number of nitrogens with zero attached hydrogens (tertiary/aromatic N) is 4. The maximum absolute atomic E-state index is 11.9. The van der Waals surface area contributed by atoms with Crippen molar-refractivity contribution in [3.63, 3.8) is 0 Å². The van der Waals surface area contributed by atoms with Crippen LogP contribution in [-0.2, 0) is 11.3 Å². The zero-order valence-corrected chi connectivity index (χ0v) is 14.1. The predicted molar refractivity (Wildman–Crippen MR) is 87.9 cm³/mol. The summed E-state index contributed by atoms with van der Waals surface area (Å²) in [7, 11) is 0. The van der Waals surface area contributed by atoms with E-state index in [0.29, 0.717) is 0 Å². The van der Waals surface area contributed by atoms with Gasteiger partial charge in [0.15, 0.2) is 0 Å². The highest BCUT2D eigenvalue weighted by atomic mass is 35.5. The fourth-order valence-corrected chi connectivity index (χ4v) is 2.21. The van der Waals surface area contributed by atoms with E-state index in [2.05, 4.69) is 4.98 Å². The Labute approximate surface area is 151 Å². The molecule has 138 valence electrons. The van der Waals surface area contributed by atoms with Gasteiger partial charge in [-0.05, 0) is 40.6 Å². The zero-order chi connectivity index (χ0) is 19.5. The monoisotopic (exact) mass is 384 g/mol. The van der Waals surface area contributed by atoms with Gasteiger partial charge in [-0.3, -0.25) is 14.7 Å². The molecular formula is C14H13ClN4O7. The van der Waals surface area contributed by atoms with Gasteiger partial charge in [-0.2, -0.15) is 0 Å². The molecule has 1 atom stereocenters. The number of non-ortho nitro benzene ring substituents is 1. The molecule has 2 rings (SSSR count). The number of esters is 1. The summed E-state index contributed by atoms with van der Waals surface area (Å²) < 4.78 is 6.14. The van der Waals surface area contributed by atoms with E-state index in [1.165, 1.54) is 19.1 Å². The number of nitro benzene ring substituents is 1. The second-order valence-electron chi connectivity index (χ2n) is 5.63. The molecule has 0 aliphatic carbocycles. The summed E-state index contributed by atoms with van der Waals surface area (Å²) in [6, 6.07) is 4.76. The molecule has 0 radical (unpaired) electrons. The largest absolute Gasteiger partial charge is 0.459 e. The fourth-order valence-electron chi connectivity index (χ4n) is 2.02. The number of benzene rings is 1. The summed E-state index contributed by atoms with van der Waals surface area (Å²) in [6.07, 6.45) is 1.05. The number of carbonyl (C=O) groups excluding carboxylic acids is 1. The number of carbonyl (C=O) groups is 1. The van der Waals surface area contributed by atoms with E-state index in [1.807, 2.05) is 0 Å². The molecule has 0 spiro atoms. The van der Waals surface area contributed by atoms with Gasteiger partial charge >= 0.3 is 17.1 Å². The van der Waals surface area contributed by atoms with Crippen LogP contribution in [0.4, 0.5) is 11.5 Å². The molecule has 1 aromatic heterocycles. The summed E-state index contributed by atoms with van der Waals surface area (Å²) in [5.41, 5.74) is -1.69. The van der Waals surface area contributed by atoms with Crippen LogP contribution >= 0.6 is 11.6 Å². The minimum Gasteiger partial charge on any atom is -0.459 e. The van der Waals surface area contributed by atoms with Crippen molar-refractivity contribution in [2.24, 2.45) is 0 Å². The first-order valence-corrected chi connectivity index (χ1v) is 7.48. The van der Waals surface area contributed by atoms with Gasteiger partial charge in [-0.15, -0.1) is 0 Å². The van der Waals surface area contributed by atoms with Crippen LogP contribution in [0.1, 0.15) is 17.3 Å². The molecule has 0 aliphatic rings. The number of aliphatic hydroxyl groups is 1. The van der Waals surface area contributed by atoms with Crippen LogP contribution in [0, 0.1) is 20.2 Å². The van der Waals surface area contributed by atoms with Crippen LogP contribution in [0.25, 0.3) is 0 Å². The summed E-state index contributed by atoms with van der Waals surface area (Å²) in [5.74, 6) is -1.27. The molecular weight excluding hydrogens is 372 g/mol. The van der Waals surface area contributed by atoms with E-state index in [1.54, 1.807) is 0 Å². The quantitative estimate of drug-likeness (QED) is 0.432. The van der Waals surface area contributed by atoms with E-state index >= 15 is 0 Å². The van der Waals surface area contributed by atoms with Crippen molar-refractivity contribution in [3.8, 4) is 0 Å². The molecule has 1 aromatic carbocycles. The lowest BCUT2D eigenvalue weighted by Crippen LogP contribution is -2.36. The van der Waals surface area contributed by atoms with Gasteiger partial charge in [0.25, 0.3) is 5.69 Å². The summed E-state index contributed by atoms with van der Waals surface area (Å²) in [5, 5.41) is 31.4. The topological polar surface area (TPSA) is 151 Å². The van der Waals surface area contributed by atoms with E-state index in [-0.39, 0.29) is 23.1 Å². The first kappa shape index (κ1) is 19.3. The van der Waals surface area contributed by atoms with E-state index in [9.17, 15) is 30.1 Å². The lowest BCUT2D eigenvalue weighted by atomic mass is 10.1. The highest BCUT2D eigenvalue weighted by Crippen LogP contribution is 2.19. The normalized spacial score (nSPS) is 13.0. The van der Waals surface area contributed by atoms with Gasteiger partial charge in [-0.25, -0.2) is 4.79 Å². The van der Waals surface area contributed by atoms with Crippen LogP contribution in [0.5, 0.6) is 0 Å². The van der Waals surface area contributed by atoms with Crippen molar-refractivity contribution in [1.29, 1.82) is 0 Å². The number of ether oxygens (including phenoxy) is 1. The Morgan fingerprint density at radius 1 is 1.31 bits per heavy atom. The maximum atomic E-state index is 11.9. The van der Waals surface area contributed by atoms with Crippen molar-refractivity contribution in [3.05, 3.63) is 61.5 Å². The van der Waals surface area contributed by atoms with E-state index < -0.39 is 33.8 Å². The average molecular weight is 385 g/mol. The molecule has 26 heavy (non-hydrogen) atoms. The van der Waals surface area contributed by atoms with Crippen LogP contribution in [0.2, 0.25) is 5.28 Å². The van der Waals surface area contributed by atoms with Crippen molar-refractivity contribution >= 4 is 29.1 Å². The Hall–Kier alpha value is -3.05. The van der Waals surface area contributed by atoms with Crippen molar-refractivity contribution in [2.75, 3.05) is 6.61 Å². The van der Waals surface area contributed by atoms with Crippen LogP contribution in [-0.4, -0.2) is 42.7 Å². The van der Waals surface area contributed by atoms with Gasteiger partial charge in [0.1, 0.15) is 18.4 Å². The lowest BCUT2D eigenvalue weighted by molar-refractivity contribution is -0.389. The summed E-state index contributed by atoms with van der Waals surface area (Å²) in [6.45, 7) is 0.698. The lowest BCUT2D eigenvalue weighted by Gasteiger charge is -2.23. The first-order chi connectivity index (χ1) is 12.1. The zero-order valence-electron chi connectivity index (χ0n) is 13.4. The Bertz CT molecular complexity index is 847. The molecule has 0 saturated carbocycles. The Morgan fingerprint density at radius 2 is 1.92 bits per heavy atom. The van der Waals surface area contributed by atoms with Crippen molar-refractivity contribution in [2.45, 2.75) is 19.1 Å². The standard InChI is InChI=1S/C14H13ClN4O7/c1-14(21,7-17-6-11(19(24)25)16-13(17)15)8-26-12(20)9-2-4-10(5-3-9)18(22)23/h2-6,21H,7-8H2,1H3/t14-/m1/s1. The maximum Gasteiger partial charge on any atom is 0.383 e. The van der Waals surface area contributed by atoms with Crippen LogP contribution in [0.3, 0.4) is 0 Å². The summed E-state index contributed by atoms with van der Waals surface area (Å²) >= 11 is 5.77. The third-order valence-corrected chi connectivity index (χ3v) is 3.54. The number of hydrogen-bond acceptors (Lipinski definition) is 8. The number of aromatic nitrogens is 2. The third kappa shape index (κ3) is 4.74. The molecule has 2 aromatic rings. The van der Waals surface area contributed by atoms with Crippen molar-refractivity contribution < 1.29 is 24.5 Å². The number of imidazole rings is 1. The van der Waals surface area contributed by atoms with E-state index in [4.69, 9.17) is 16.3 Å². The molecule has 0 amide bonds. The molecule has 0 saturated heterocycles. The van der Waals surface area contributed by atoms with Gasteiger partial charge in [0, 0.05) is 12.1 Å². The second-order valence-corrected chi connectivity index (χ2v) is 5.97. The summed E-state index contributed by atoms with van der Waals surface area (Å²) in [4.78, 5) is 35.4. The molecule has 0 bridgehead atoms. The van der Waals surface area contributed by atoms with Crippen molar-refractivity contribution in [1.82, 2.24) is 9.55 Å². The second kappa shape index (κ2) is 7.45. The van der Waals surface area contributed by atoms with Crippen LogP contribution < -0.4 is 0 Å². The van der Waals surface area contributed by atoms with Gasteiger partial charge < -0.3 is 20.0 Å². The van der Waals surface area contributed by atoms with Gasteiger partial charge in [-0.1, -0.05) is 0 Å². The van der Waals surface area contributed by atoms with Gasteiger partial charge in [0.05, 0.1) is 17.0 Å². The Balaban J connectivity index is 1.99.